The van der Waals surface area contributed by atoms with Crippen molar-refractivity contribution in [2.75, 3.05) is 6.61 Å². The predicted octanol–water partition coefficient (Wildman–Crippen LogP) is 2.58. The number of ether oxygens (including phenoxy) is 1. The fraction of sp³-hybridized carbons (Fsp3) is 0.130. The largest absolute Gasteiger partial charge is 0.461 e. The molecule has 1 amide bonds. The van der Waals surface area contributed by atoms with E-state index in [9.17, 15) is 19.6 Å². The first-order chi connectivity index (χ1) is 15.5. The highest BCUT2D eigenvalue weighted by atomic mass is 32.1. The van der Waals surface area contributed by atoms with Gasteiger partial charge >= 0.3 is 5.97 Å². The van der Waals surface area contributed by atoms with Crippen molar-refractivity contribution in [1.82, 2.24) is 15.1 Å². The summed E-state index contributed by atoms with van der Waals surface area (Å²) in [6.45, 7) is 1.70. The van der Waals surface area contributed by atoms with E-state index in [2.05, 4.69) is 10.4 Å². The fourth-order valence-corrected chi connectivity index (χ4v) is 3.18. The maximum absolute atomic E-state index is 13.0. The number of nitriles is 1. The number of thiocarbonyl (C=S) groups is 1. The molecule has 32 heavy (non-hydrogen) atoms. The molecule has 0 unspecified atom stereocenters. The molecule has 0 fully saturated rings. The van der Waals surface area contributed by atoms with Gasteiger partial charge in [0.25, 0.3) is 11.5 Å². The molecule has 0 saturated heterocycles. The van der Waals surface area contributed by atoms with Crippen LogP contribution in [0.3, 0.4) is 0 Å². The molecule has 1 heterocycles. The highest BCUT2D eigenvalue weighted by Gasteiger charge is 2.25. The normalized spacial score (nSPS) is 10.1. The van der Waals surface area contributed by atoms with Crippen molar-refractivity contribution in [3.05, 3.63) is 93.4 Å². The van der Waals surface area contributed by atoms with Gasteiger partial charge in [0.2, 0.25) is 0 Å². The van der Waals surface area contributed by atoms with Crippen molar-refractivity contribution in [3.8, 4) is 11.8 Å². The third kappa shape index (κ3) is 4.94. The number of para-hydroxylation sites is 1. The van der Waals surface area contributed by atoms with E-state index in [4.69, 9.17) is 17.0 Å². The lowest BCUT2D eigenvalue weighted by atomic mass is 10.0. The zero-order valence-corrected chi connectivity index (χ0v) is 17.9. The molecule has 1 aromatic heterocycles. The Bertz CT molecular complexity index is 1260. The number of hydrogen-bond acceptors (Lipinski definition) is 7. The van der Waals surface area contributed by atoms with Gasteiger partial charge in [-0.05, 0) is 31.2 Å². The average Bonchev–Trinajstić information content (AvgIpc) is 2.80. The zero-order chi connectivity index (χ0) is 23.1. The molecule has 0 aliphatic heterocycles. The van der Waals surface area contributed by atoms with Crippen molar-refractivity contribution < 1.29 is 14.3 Å². The number of rotatable bonds is 6. The van der Waals surface area contributed by atoms with Crippen LogP contribution in [-0.2, 0) is 11.2 Å². The molecule has 0 aliphatic rings. The maximum atomic E-state index is 13.0. The van der Waals surface area contributed by atoms with E-state index >= 15 is 0 Å². The number of carbonyl (C=O) groups excluding carboxylic acids is 2. The lowest BCUT2D eigenvalue weighted by molar-refractivity contribution is 0.0515. The molecule has 3 rings (SSSR count). The van der Waals surface area contributed by atoms with E-state index in [1.807, 2.05) is 6.07 Å². The van der Waals surface area contributed by atoms with Crippen molar-refractivity contribution in [2.45, 2.75) is 13.3 Å². The molecule has 3 aromatic rings. The van der Waals surface area contributed by atoms with E-state index < -0.39 is 17.4 Å². The monoisotopic (exact) mass is 446 g/mol. The first kappa shape index (κ1) is 22.5. The van der Waals surface area contributed by atoms with Crippen molar-refractivity contribution in [2.24, 2.45) is 0 Å². The predicted molar refractivity (Wildman–Crippen MR) is 121 cm³/mol. The van der Waals surface area contributed by atoms with Crippen molar-refractivity contribution >= 4 is 29.1 Å². The van der Waals surface area contributed by atoms with Crippen LogP contribution in [0.15, 0.2) is 65.5 Å². The Morgan fingerprint density at radius 1 is 1.12 bits per heavy atom. The lowest BCUT2D eigenvalue weighted by Gasteiger charge is -2.14. The molecule has 0 aliphatic carbocycles. The Hall–Kier alpha value is -4.16. The first-order valence-electron chi connectivity index (χ1n) is 9.64. The number of esters is 1. The van der Waals surface area contributed by atoms with Crippen molar-refractivity contribution in [3.63, 3.8) is 0 Å². The maximum Gasteiger partial charge on any atom is 0.359 e. The summed E-state index contributed by atoms with van der Waals surface area (Å²) >= 11 is 5.27. The molecular formula is C23H18N4O4S. The molecule has 2 aromatic carbocycles. The van der Waals surface area contributed by atoms with Gasteiger partial charge in [0.1, 0.15) is 11.6 Å². The minimum atomic E-state index is -0.805. The van der Waals surface area contributed by atoms with E-state index in [1.54, 1.807) is 67.6 Å². The van der Waals surface area contributed by atoms with Gasteiger partial charge in [-0.25, -0.2) is 4.79 Å². The number of nitrogens with zero attached hydrogens (tertiary/aromatic N) is 3. The Balaban J connectivity index is 2.04. The molecule has 0 atom stereocenters. The van der Waals surface area contributed by atoms with Gasteiger partial charge in [0.05, 0.1) is 17.3 Å². The zero-order valence-electron chi connectivity index (χ0n) is 17.1. The molecule has 1 N–H and O–H groups in total. The molecule has 0 bridgehead atoms. The Kier molecular flexibility index (Phi) is 7.21. The van der Waals surface area contributed by atoms with Gasteiger partial charge in [0.15, 0.2) is 5.69 Å². The SMILES string of the molecule is CCOC(=O)c1nn(-c2ccccc2)c(=O)c(C#N)c1CC(=S)NC(=O)c1ccccc1. The number of nitrogens with one attached hydrogen (secondary N) is 1. The highest BCUT2D eigenvalue weighted by molar-refractivity contribution is 7.80. The third-order valence-corrected chi connectivity index (χ3v) is 4.65. The molecule has 8 nitrogen and oxygen atoms in total. The van der Waals surface area contributed by atoms with Crippen LogP contribution in [0, 0.1) is 11.3 Å². The summed E-state index contributed by atoms with van der Waals surface area (Å²) in [5.41, 5.74) is -0.462. The second-order valence-corrected chi connectivity index (χ2v) is 7.00. The Morgan fingerprint density at radius 2 is 1.75 bits per heavy atom. The van der Waals surface area contributed by atoms with E-state index in [0.29, 0.717) is 11.3 Å². The smallest absolute Gasteiger partial charge is 0.359 e. The number of aromatic nitrogens is 2. The summed E-state index contributed by atoms with van der Waals surface area (Å²) in [6.07, 6.45) is -0.219. The fourth-order valence-electron chi connectivity index (χ4n) is 2.95. The minimum Gasteiger partial charge on any atom is -0.461 e. The minimum absolute atomic E-state index is 0.00138. The topological polar surface area (TPSA) is 114 Å². The van der Waals surface area contributed by atoms with Crippen LogP contribution >= 0.6 is 12.2 Å². The summed E-state index contributed by atoms with van der Waals surface area (Å²) in [5.74, 6) is -1.25. The van der Waals surface area contributed by atoms with Gasteiger partial charge in [0, 0.05) is 17.5 Å². The van der Waals surface area contributed by atoms with Crippen LogP contribution in [0.5, 0.6) is 0 Å². The number of amides is 1. The molecule has 0 spiro atoms. The summed E-state index contributed by atoms with van der Waals surface area (Å²) in [4.78, 5) is 38.0. The van der Waals surface area contributed by atoms with Gasteiger partial charge in [-0.2, -0.15) is 15.0 Å². The molecule has 160 valence electrons. The Morgan fingerprint density at radius 3 is 2.34 bits per heavy atom. The average molecular weight is 446 g/mol. The molecule has 9 heteroatoms. The molecule has 0 saturated carbocycles. The van der Waals surface area contributed by atoms with Gasteiger partial charge in [-0.1, -0.05) is 48.6 Å². The van der Waals surface area contributed by atoms with Crippen LogP contribution in [0.1, 0.15) is 38.9 Å². The number of carbonyl (C=O) groups is 2. The summed E-state index contributed by atoms with van der Waals surface area (Å²) in [6, 6.07) is 18.7. The summed E-state index contributed by atoms with van der Waals surface area (Å²) in [5, 5.41) is 16.4. The van der Waals surface area contributed by atoms with Crippen LogP contribution < -0.4 is 10.9 Å². The second kappa shape index (κ2) is 10.2. The third-order valence-electron chi connectivity index (χ3n) is 4.40. The quantitative estimate of drug-likeness (QED) is 0.457. The summed E-state index contributed by atoms with van der Waals surface area (Å²) < 4.78 is 6.05. The number of benzene rings is 2. The molecular weight excluding hydrogens is 428 g/mol. The van der Waals surface area contributed by atoms with E-state index in [-0.39, 0.29) is 34.8 Å². The lowest BCUT2D eigenvalue weighted by Crippen LogP contribution is -2.34. The van der Waals surface area contributed by atoms with Gasteiger partial charge < -0.3 is 10.1 Å². The van der Waals surface area contributed by atoms with Crippen LogP contribution in [0.2, 0.25) is 0 Å². The van der Waals surface area contributed by atoms with E-state index in [0.717, 1.165) is 4.68 Å². The first-order valence-corrected chi connectivity index (χ1v) is 10.0. The van der Waals surface area contributed by atoms with Gasteiger partial charge in [-0.15, -0.1) is 0 Å². The van der Waals surface area contributed by atoms with Gasteiger partial charge in [-0.3, -0.25) is 9.59 Å². The number of hydrogen-bond donors (Lipinski definition) is 1. The highest BCUT2D eigenvalue weighted by Crippen LogP contribution is 2.14. The molecule has 0 radical (unpaired) electrons. The summed E-state index contributed by atoms with van der Waals surface area (Å²) in [7, 11) is 0. The van der Waals surface area contributed by atoms with E-state index in [1.165, 1.54) is 0 Å². The van der Waals surface area contributed by atoms with Crippen LogP contribution in [0.25, 0.3) is 5.69 Å². The standard InChI is InChI=1S/C23H18N4O4S/c1-2-31-23(30)20-17(13-19(32)25-21(28)15-9-5-3-6-10-15)18(14-24)22(29)27(26-20)16-11-7-4-8-12-16/h3-12H,2,13H2,1H3,(H,25,28,32). The van der Waals surface area contributed by atoms with Crippen molar-refractivity contribution in [1.29, 1.82) is 5.26 Å². The second-order valence-electron chi connectivity index (χ2n) is 6.51. The van der Waals surface area contributed by atoms with Crippen LogP contribution in [-0.4, -0.2) is 33.3 Å². The van der Waals surface area contributed by atoms with Crippen LogP contribution in [0.4, 0.5) is 0 Å². The Labute approximate surface area is 189 Å².